The number of fused-ring (bicyclic) bond motifs is 1. The van der Waals surface area contributed by atoms with E-state index in [-0.39, 0.29) is 17.1 Å². The van der Waals surface area contributed by atoms with E-state index in [9.17, 15) is 4.79 Å². The molecule has 1 atom stereocenters. The van der Waals surface area contributed by atoms with E-state index in [2.05, 4.69) is 78.2 Å². The molecule has 2 aromatic carbocycles. The highest BCUT2D eigenvalue weighted by atomic mass is 16.5. The molecule has 4 rings (SSSR count). The smallest absolute Gasteiger partial charge is 0.252 e. The maximum atomic E-state index is 13.1. The summed E-state index contributed by atoms with van der Waals surface area (Å²) >= 11 is 0. The summed E-state index contributed by atoms with van der Waals surface area (Å²) < 4.78 is 7.28. The molecule has 8 nitrogen and oxygen atoms in total. The summed E-state index contributed by atoms with van der Waals surface area (Å²) in [4.78, 5) is 18.5. The van der Waals surface area contributed by atoms with E-state index in [0.717, 1.165) is 46.4 Å². The topological polar surface area (TPSA) is 88.9 Å². The predicted octanol–water partition coefficient (Wildman–Crippen LogP) is 5.13. The van der Waals surface area contributed by atoms with Crippen LogP contribution in [0.2, 0.25) is 0 Å². The van der Waals surface area contributed by atoms with Gasteiger partial charge in [0.2, 0.25) is 0 Å². The number of aromatic amines is 1. The Morgan fingerprint density at radius 2 is 1.83 bits per heavy atom. The summed E-state index contributed by atoms with van der Waals surface area (Å²) in [5.41, 5.74) is 3.54. The number of hydrogen-bond donors (Lipinski definition) is 1. The molecule has 0 spiro atoms. The van der Waals surface area contributed by atoms with Crippen LogP contribution in [0.5, 0.6) is 5.75 Å². The lowest BCUT2D eigenvalue weighted by atomic mass is 10.0. The maximum absolute atomic E-state index is 13.1. The molecule has 2 aromatic heterocycles. The number of aromatic nitrogens is 5. The molecule has 0 aliphatic carbocycles. The summed E-state index contributed by atoms with van der Waals surface area (Å²) in [7, 11) is 1.66. The normalized spacial score (nSPS) is 12.9. The molecule has 0 fully saturated rings. The monoisotopic (exact) mass is 488 g/mol. The van der Waals surface area contributed by atoms with Crippen molar-refractivity contribution in [2.75, 3.05) is 7.11 Å². The first-order valence-corrected chi connectivity index (χ1v) is 12.5. The van der Waals surface area contributed by atoms with Gasteiger partial charge in [-0.05, 0) is 85.3 Å². The van der Waals surface area contributed by atoms with Crippen molar-refractivity contribution in [3.63, 3.8) is 0 Å². The van der Waals surface area contributed by atoms with Crippen molar-refractivity contribution in [1.29, 1.82) is 0 Å². The Balaban J connectivity index is 1.77. The van der Waals surface area contributed by atoms with E-state index < -0.39 is 0 Å². The molecule has 2 heterocycles. The van der Waals surface area contributed by atoms with Gasteiger partial charge in [-0.3, -0.25) is 9.69 Å². The third-order valence-corrected chi connectivity index (χ3v) is 7.05. The highest BCUT2D eigenvalue weighted by Crippen LogP contribution is 2.30. The van der Waals surface area contributed by atoms with Gasteiger partial charge in [0, 0.05) is 24.2 Å². The lowest BCUT2D eigenvalue weighted by Gasteiger charge is -2.33. The van der Waals surface area contributed by atoms with Gasteiger partial charge in [0.05, 0.1) is 18.7 Å². The molecule has 0 bridgehead atoms. The zero-order valence-corrected chi connectivity index (χ0v) is 22.1. The van der Waals surface area contributed by atoms with Gasteiger partial charge in [0.1, 0.15) is 5.75 Å². The number of benzene rings is 2. The number of pyridine rings is 1. The first-order valence-electron chi connectivity index (χ1n) is 12.5. The van der Waals surface area contributed by atoms with E-state index >= 15 is 0 Å². The van der Waals surface area contributed by atoms with Crippen LogP contribution in [0.3, 0.4) is 0 Å². The van der Waals surface area contributed by atoms with E-state index in [1.807, 2.05) is 35.0 Å². The van der Waals surface area contributed by atoms with Crippen LogP contribution in [0.25, 0.3) is 10.9 Å². The molecular weight excluding hydrogens is 452 g/mol. The van der Waals surface area contributed by atoms with Gasteiger partial charge in [-0.1, -0.05) is 37.6 Å². The first kappa shape index (κ1) is 25.6. The van der Waals surface area contributed by atoms with Crippen LogP contribution < -0.4 is 10.3 Å². The molecule has 36 heavy (non-hydrogen) atoms. The van der Waals surface area contributed by atoms with Crippen molar-refractivity contribution in [2.24, 2.45) is 0 Å². The van der Waals surface area contributed by atoms with Crippen molar-refractivity contribution in [3.8, 4) is 5.75 Å². The second-order valence-electron chi connectivity index (χ2n) is 10.0. The van der Waals surface area contributed by atoms with Gasteiger partial charge in [-0.2, -0.15) is 0 Å². The number of rotatable bonds is 10. The second kappa shape index (κ2) is 10.6. The lowest BCUT2D eigenvalue weighted by Crippen LogP contribution is -2.36. The average molecular weight is 489 g/mol. The van der Waals surface area contributed by atoms with E-state index in [0.29, 0.717) is 18.7 Å². The number of nitrogens with one attached hydrogen (secondary N) is 1. The molecule has 0 aliphatic heterocycles. The summed E-state index contributed by atoms with van der Waals surface area (Å²) in [6, 6.07) is 16.0. The fraction of sp³-hybridized carbons (Fsp3) is 0.429. The van der Waals surface area contributed by atoms with Crippen molar-refractivity contribution in [1.82, 2.24) is 30.1 Å². The van der Waals surface area contributed by atoms with E-state index in [4.69, 9.17) is 4.74 Å². The highest BCUT2D eigenvalue weighted by Gasteiger charge is 2.31. The largest absolute Gasteiger partial charge is 0.497 e. The molecule has 1 N–H and O–H groups in total. The Morgan fingerprint density at radius 3 is 2.50 bits per heavy atom. The molecule has 4 aromatic rings. The third kappa shape index (κ3) is 5.33. The molecule has 0 saturated heterocycles. The van der Waals surface area contributed by atoms with Crippen LogP contribution in [0.4, 0.5) is 0 Å². The van der Waals surface area contributed by atoms with Gasteiger partial charge in [-0.15, -0.1) is 5.10 Å². The minimum atomic E-state index is -0.226. The maximum Gasteiger partial charge on any atom is 0.252 e. The quantitative estimate of drug-likeness (QED) is 0.333. The zero-order chi connectivity index (χ0) is 25.9. The van der Waals surface area contributed by atoms with Crippen molar-refractivity contribution < 1.29 is 4.74 Å². The van der Waals surface area contributed by atoms with Crippen LogP contribution >= 0.6 is 0 Å². The SMILES string of the molecule is CC[C@@H](c1nnnn1C(C)(C)CC)N(Cc1ccc(OC)cc1)Cc1cc2cc(C)ccc2[nH]c1=O. The number of nitrogens with zero attached hydrogens (tertiary/aromatic N) is 5. The van der Waals surface area contributed by atoms with Crippen LogP contribution in [0.1, 0.15) is 69.1 Å². The molecule has 8 heteroatoms. The number of tetrazole rings is 1. The minimum absolute atomic E-state index is 0.0746. The van der Waals surface area contributed by atoms with E-state index in [1.165, 1.54) is 0 Å². The Labute approximate surface area is 212 Å². The third-order valence-electron chi connectivity index (χ3n) is 7.05. The fourth-order valence-electron chi connectivity index (χ4n) is 4.54. The Hall–Kier alpha value is -3.52. The predicted molar refractivity (Wildman–Crippen MR) is 142 cm³/mol. The molecular formula is C28H36N6O2. The van der Waals surface area contributed by atoms with Gasteiger partial charge in [-0.25, -0.2) is 4.68 Å². The Kier molecular flexibility index (Phi) is 7.54. The number of aryl methyl sites for hydroxylation is 1. The van der Waals surface area contributed by atoms with Gasteiger partial charge >= 0.3 is 0 Å². The number of ether oxygens (including phenoxy) is 1. The van der Waals surface area contributed by atoms with Crippen LogP contribution in [0.15, 0.2) is 53.3 Å². The minimum Gasteiger partial charge on any atom is -0.497 e. The van der Waals surface area contributed by atoms with E-state index in [1.54, 1.807) is 7.11 Å². The molecule has 190 valence electrons. The Morgan fingerprint density at radius 1 is 1.08 bits per heavy atom. The van der Waals surface area contributed by atoms with Crippen LogP contribution in [-0.2, 0) is 18.6 Å². The van der Waals surface area contributed by atoms with Crippen molar-refractivity contribution in [3.05, 3.63) is 81.4 Å². The number of hydrogen-bond acceptors (Lipinski definition) is 6. The van der Waals surface area contributed by atoms with Gasteiger partial charge in [0.15, 0.2) is 5.82 Å². The Bertz CT molecular complexity index is 1370. The zero-order valence-electron chi connectivity index (χ0n) is 22.1. The van der Waals surface area contributed by atoms with Crippen molar-refractivity contribution in [2.45, 2.75) is 72.1 Å². The average Bonchev–Trinajstić information content (AvgIpc) is 3.36. The summed E-state index contributed by atoms with van der Waals surface area (Å²) in [6.45, 7) is 11.7. The molecule has 0 amide bonds. The number of methoxy groups -OCH3 is 1. The molecule has 0 aliphatic rings. The summed E-state index contributed by atoms with van der Waals surface area (Å²) in [5.74, 6) is 1.62. The lowest BCUT2D eigenvalue weighted by molar-refractivity contribution is 0.150. The first-order chi connectivity index (χ1) is 17.2. The van der Waals surface area contributed by atoms with Gasteiger partial charge < -0.3 is 9.72 Å². The number of H-pyrrole nitrogens is 1. The highest BCUT2D eigenvalue weighted by molar-refractivity contribution is 5.79. The van der Waals surface area contributed by atoms with Crippen molar-refractivity contribution >= 4 is 10.9 Å². The fourth-order valence-corrected chi connectivity index (χ4v) is 4.54. The molecule has 0 radical (unpaired) electrons. The van der Waals surface area contributed by atoms with Gasteiger partial charge in [0.25, 0.3) is 5.56 Å². The second-order valence-corrected chi connectivity index (χ2v) is 10.0. The summed E-state index contributed by atoms with van der Waals surface area (Å²) in [5, 5.41) is 13.9. The van der Waals surface area contributed by atoms with Crippen LogP contribution in [-0.4, -0.2) is 37.2 Å². The standard InChI is InChI=1S/C28H36N6O2/c1-7-25(26-30-31-32-34(26)28(4,5)8-2)33(17-20-10-12-23(36-6)13-11-20)18-22-16-21-15-19(3)9-14-24(21)29-27(22)35/h9-16,25H,7-8,17-18H2,1-6H3,(H,29,35)/t25-/m0/s1. The summed E-state index contributed by atoms with van der Waals surface area (Å²) in [6.07, 6.45) is 1.69. The molecule has 0 unspecified atom stereocenters. The molecule has 0 saturated carbocycles. The van der Waals surface area contributed by atoms with Crippen LogP contribution in [0, 0.1) is 6.92 Å².